The number of hydrogen-bond donors (Lipinski definition) is 0. The highest BCUT2D eigenvalue weighted by Gasteiger charge is 2.18. The number of ether oxygens (including phenoxy) is 1. The molecule has 0 bridgehead atoms. The van der Waals surface area contributed by atoms with E-state index in [1.54, 1.807) is 16.7 Å². The Morgan fingerprint density at radius 2 is 1.88 bits per heavy atom. The molecule has 0 aliphatic rings. The summed E-state index contributed by atoms with van der Waals surface area (Å²) in [5, 5.41) is 5.69. The van der Waals surface area contributed by atoms with Crippen molar-refractivity contribution >= 4 is 16.3 Å². The molecule has 0 N–H and O–H groups in total. The van der Waals surface area contributed by atoms with E-state index < -0.39 is 5.63 Å². The Kier molecular flexibility index (Phi) is 5.92. The quantitative estimate of drug-likeness (QED) is 0.438. The fourth-order valence-electron chi connectivity index (χ4n) is 3.74. The molecule has 0 saturated carbocycles. The van der Waals surface area contributed by atoms with Crippen LogP contribution in [-0.2, 0) is 24.5 Å². The van der Waals surface area contributed by atoms with Crippen molar-refractivity contribution < 1.29 is 9.15 Å². The topological polar surface area (TPSA) is 79.3 Å². The van der Waals surface area contributed by atoms with Gasteiger partial charge in [0.1, 0.15) is 12.9 Å². The number of aryl methyl sites for hydroxylation is 1. The fraction of sp³-hybridized carbons (Fsp3) is 0.240. The molecule has 0 amide bonds. The summed E-state index contributed by atoms with van der Waals surface area (Å²) in [7, 11) is 0. The van der Waals surface area contributed by atoms with E-state index >= 15 is 0 Å². The maximum absolute atomic E-state index is 13.1. The molecular weight excluding hydrogens is 406 g/mol. The maximum Gasteiger partial charge on any atom is 0.350 e. The van der Waals surface area contributed by atoms with Crippen LogP contribution in [0, 0.1) is 6.92 Å². The zero-order valence-electron chi connectivity index (χ0n) is 18.4. The van der Waals surface area contributed by atoms with Crippen molar-refractivity contribution in [3.05, 3.63) is 98.7 Å². The number of rotatable bonds is 7. The Labute approximate surface area is 185 Å². The van der Waals surface area contributed by atoms with Crippen LogP contribution in [0.3, 0.4) is 0 Å². The van der Waals surface area contributed by atoms with Crippen LogP contribution >= 0.6 is 0 Å². The third-order valence-electron chi connectivity index (χ3n) is 5.42. The van der Waals surface area contributed by atoms with E-state index in [2.05, 4.69) is 11.7 Å². The van der Waals surface area contributed by atoms with Gasteiger partial charge in [0.25, 0.3) is 0 Å². The molecule has 2 heterocycles. The summed E-state index contributed by atoms with van der Waals surface area (Å²) in [6.45, 7) is 10.6. The zero-order chi connectivity index (χ0) is 22.8. The lowest BCUT2D eigenvalue weighted by Crippen LogP contribution is -2.24. The Hall–Kier alpha value is -3.71. The fourth-order valence-corrected chi connectivity index (χ4v) is 3.74. The Balaban J connectivity index is 1.75. The molecule has 0 atom stereocenters. The van der Waals surface area contributed by atoms with Crippen LogP contribution in [0.1, 0.15) is 36.4 Å². The molecule has 4 aromatic rings. The summed E-state index contributed by atoms with van der Waals surface area (Å²) in [5.41, 5.74) is 3.18. The van der Waals surface area contributed by atoms with E-state index in [9.17, 15) is 9.59 Å². The van der Waals surface area contributed by atoms with Gasteiger partial charge in [0.05, 0.1) is 17.7 Å². The highest BCUT2D eigenvalue weighted by atomic mass is 16.5. The molecule has 0 aliphatic carbocycles. The summed E-state index contributed by atoms with van der Waals surface area (Å²) >= 11 is 0. The normalized spacial score (nSPS) is 11.2. The van der Waals surface area contributed by atoms with Crippen molar-refractivity contribution in [1.82, 2.24) is 14.3 Å². The van der Waals surface area contributed by atoms with Gasteiger partial charge in [0.15, 0.2) is 5.82 Å². The summed E-state index contributed by atoms with van der Waals surface area (Å²) in [6.07, 6.45) is 1.41. The van der Waals surface area contributed by atoms with Crippen molar-refractivity contribution in [3.63, 3.8) is 0 Å². The van der Waals surface area contributed by atoms with Gasteiger partial charge >= 0.3 is 11.3 Å². The van der Waals surface area contributed by atoms with Crippen molar-refractivity contribution in [3.8, 4) is 5.69 Å². The van der Waals surface area contributed by atoms with Crippen molar-refractivity contribution in [1.29, 1.82) is 0 Å². The molecule has 0 saturated heterocycles. The molecule has 7 nitrogen and oxygen atoms in total. The minimum atomic E-state index is -0.430. The first-order valence-corrected chi connectivity index (χ1v) is 10.4. The molecular formula is C25H25N3O4. The average molecular weight is 431 g/mol. The largest absolute Gasteiger partial charge is 0.430 e. The second kappa shape index (κ2) is 8.80. The monoisotopic (exact) mass is 431 g/mol. The number of benzene rings is 2. The number of allylic oxidation sites excluding steroid dienone is 1. The first-order chi connectivity index (χ1) is 15.4. The van der Waals surface area contributed by atoms with Crippen LogP contribution in [0.5, 0.6) is 0 Å². The average Bonchev–Trinajstić information content (AvgIpc) is 3.09. The SMILES string of the molecule is C=C(C)c1coc(=O)c2cc(C)c(-n3nc(COCc4ccccc4)n(CC)c3=O)cc12. The second-order valence-corrected chi connectivity index (χ2v) is 7.73. The molecule has 164 valence electrons. The third-order valence-corrected chi connectivity index (χ3v) is 5.42. The van der Waals surface area contributed by atoms with E-state index in [1.165, 1.54) is 10.9 Å². The maximum atomic E-state index is 13.1. The number of aromatic nitrogens is 3. The molecule has 32 heavy (non-hydrogen) atoms. The summed E-state index contributed by atoms with van der Waals surface area (Å²) < 4.78 is 13.9. The van der Waals surface area contributed by atoms with Crippen LogP contribution in [-0.4, -0.2) is 14.3 Å². The Bertz CT molecular complexity index is 1410. The van der Waals surface area contributed by atoms with Crippen LogP contribution in [0.15, 0.2) is 69.3 Å². The first kappa shape index (κ1) is 21.5. The van der Waals surface area contributed by atoms with E-state index in [-0.39, 0.29) is 12.3 Å². The minimum absolute atomic E-state index is 0.207. The molecule has 7 heteroatoms. The van der Waals surface area contributed by atoms with Gasteiger partial charge in [-0.25, -0.2) is 9.59 Å². The zero-order valence-corrected chi connectivity index (χ0v) is 18.4. The van der Waals surface area contributed by atoms with Gasteiger partial charge in [0.2, 0.25) is 0 Å². The Morgan fingerprint density at radius 1 is 1.12 bits per heavy atom. The summed E-state index contributed by atoms with van der Waals surface area (Å²) in [5.74, 6) is 0.542. The molecule has 0 radical (unpaired) electrons. The van der Waals surface area contributed by atoms with Crippen molar-refractivity contribution in [2.45, 2.75) is 40.5 Å². The van der Waals surface area contributed by atoms with Crippen LogP contribution in [0.25, 0.3) is 22.0 Å². The van der Waals surface area contributed by atoms with Crippen LogP contribution in [0.2, 0.25) is 0 Å². The van der Waals surface area contributed by atoms with E-state index in [0.717, 1.165) is 22.3 Å². The number of fused-ring (bicyclic) bond motifs is 1. The van der Waals surface area contributed by atoms with Crippen molar-refractivity contribution in [2.24, 2.45) is 0 Å². The minimum Gasteiger partial charge on any atom is -0.430 e. The highest BCUT2D eigenvalue weighted by molar-refractivity contribution is 5.93. The van der Waals surface area contributed by atoms with Crippen molar-refractivity contribution in [2.75, 3.05) is 0 Å². The van der Waals surface area contributed by atoms with E-state index in [1.807, 2.05) is 51.1 Å². The second-order valence-electron chi connectivity index (χ2n) is 7.73. The van der Waals surface area contributed by atoms with Gasteiger partial charge in [0, 0.05) is 17.5 Å². The third kappa shape index (κ3) is 3.94. The molecule has 2 aromatic heterocycles. The summed E-state index contributed by atoms with van der Waals surface area (Å²) in [6, 6.07) is 13.4. The number of nitrogens with zero attached hydrogens (tertiary/aromatic N) is 3. The lowest BCUT2D eigenvalue weighted by molar-refractivity contribution is 0.0989. The van der Waals surface area contributed by atoms with E-state index in [0.29, 0.717) is 35.4 Å². The smallest absolute Gasteiger partial charge is 0.350 e. The molecule has 4 rings (SSSR count). The lowest BCUT2D eigenvalue weighted by Gasteiger charge is -2.10. The number of hydrogen-bond acceptors (Lipinski definition) is 5. The molecule has 0 spiro atoms. The highest BCUT2D eigenvalue weighted by Crippen LogP contribution is 2.26. The summed E-state index contributed by atoms with van der Waals surface area (Å²) in [4.78, 5) is 25.4. The van der Waals surface area contributed by atoms with E-state index in [4.69, 9.17) is 9.15 Å². The van der Waals surface area contributed by atoms with Gasteiger partial charge < -0.3 is 9.15 Å². The molecule has 2 aromatic carbocycles. The van der Waals surface area contributed by atoms with Gasteiger partial charge in [-0.05, 0) is 49.6 Å². The predicted octanol–water partition coefficient (Wildman–Crippen LogP) is 4.22. The van der Waals surface area contributed by atoms with Gasteiger partial charge in [-0.1, -0.05) is 36.9 Å². The van der Waals surface area contributed by atoms with Gasteiger partial charge in [-0.3, -0.25) is 4.57 Å². The van der Waals surface area contributed by atoms with Gasteiger partial charge in [-0.15, -0.1) is 5.10 Å². The molecule has 0 unspecified atom stereocenters. The van der Waals surface area contributed by atoms with Crippen LogP contribution < -0.4 is 11.3 Å². The lowest BCUT2D eigenvalue weighted by atomic mass is 10.0. The standard InChI is InChI=1S/C25H25N3O4/c1-5-27-23(15-31-13-18-9-7-6-8-10-18)26-28(25(27)30)22-12-19-20(11-17(22)4)24(29)32-14-21(19)16(2)3/h6-12,14H,2,5,13,15H2,1,3-4H3. The van der Waals surface area contributed by atoms with Gasteiger partial charge in [-0.2, -0.15) is 4.68 Å². The molecule has 0 aliphatic heterocycles. The molecule has 0 fully saturated rings. The first-order valence-electron chi connectivity index (χ1n) is 10.4. The van der Waals surface area contributed by atoms with Crippen LogP contribution in [0.4, 0.5) is 0 Å². The Morgan fingerprint density at radius 3 is 2.56 bits per heavy atom. The predicted molar refractivity (Wildman–Crippen MR) is 124 cm³/mol.